The highest BCUT2D eigenvalue weighted by molar-refractivity contribution is 5.48. The second kappa shape index (κ2) is 7.76. The van der Waals surface area contributed by atoms with Gasteiger partial charge in [0, 0.05) is 31.9 Å². The van der Waals surface area contributed by atoms with E-state index in [1.54, 1.807) is 12.1 Å². The monoisotopic (exact) mass is 293 g/mol. The van der Waals surface area contributed by atoms with Gasteiger partial charge in [-0.3, -0.25) is 0 Å². The Morgan fingerprint density at radius 3 is 2.86 bits per heavy atom. The number of rotatable bonds is 7. The number of hydrogen-bond donors (Lipinski definition) is 1. The number of nitrogens with one attached hydrogen (secondary N) is 1. The number of nitrogens with zero attached hydrogens (tertiary/aromatic N) is 2. The van der Waals surface area contributed by atoms with Gasteiger partial charge in [0.2, 0.25) is 0 Å². The molecule has 0 aromatic heterocycles. The lowest BCUT2D eigenvalue weighted by Crippen LogP contribution is -2.36. The molecule has 3 nitrogen and oxygen atoms in total. The van der Waals surface area contributed by atoms with Gasteiger partial charge in [-0.15, -0.1) is 0 Å². The van der Waals surface area contributed by atoms with Crippen molar-refractivity contribution >= 4 is 5.69 Å². The van der Waals surface area contributed by atoms with Crippen molar-refractivity contribution in [1.29, 1.82) is 0 Å². The third-order valence-corrected chi connectivity index (χ3v) is 4.30. The van der Waals surface area contributed by atoms with E-state index in [0.717, 1.165) is 37.3 Å². The van der Waals surface area contributed by atoms with Gasteiger partial charge in [0.05, 0.1) is 0 Å². The predicted octanol–water partition coefficient (Wildman–Crippen LogP) is 2.86. The molecular formula is C17H28FN3. The van der Waals surface area contributed by atoms with Crippen LogP contribution in [0.3, 0.4) is 0 Å². The van der Waals surface area contributed by atoms with Crippen LogP contribution in [-0.2, 0) is 6.54 Å². The van der Waals surface area contributed by atoms with E-state index in [1.165, 1.54) is 19.4 Å². The van der Waals surface area contributed by atoms with Crippen molar-refractivity contribution in [2.24, 2.45) is 0 Å². The first kappa shape index (κ1) is 16.2. The van der Waals surface area contributed by atoms with Crippen LogP contribution in [0.5, 0.6) is 0 Å². The van der Waals surface area contributed by atoms with Gasteiger partial charge >= 0.3 is 0 Å². The zero-order chi connectivity index (χ0) is 15.2. The maximum Gasteiger partial charge on any atom is 0.125 e. The fourth-order valence-electron chi connectivity index (χ4n) is 3.00. The van der Waals surface area contributed by atoms with Crippen molar-refractivity contribution in [3.05, 3.63) is 29.6 Å². The molecule has 1 aliphatic heterocycles. The summed E-state index contributed by atoms with van der Waals surface area (Å²) in [6, 6.07) is 5.95. The molecule has 1 aromatic carbocycles. The summed E-state index contributed by atoms with van der Waals surface area (Å²) >= 11 is 0. The summed E-state index contributed by atoms with van der Waals surface area (Å²) in [6.07, 6.45) is 3.60. The second-order valence-corrected chi connectivity index (χ2v) is 6.15. The molecule has 1 heterocycles. The highest BCUT2D eigenvalue weighted by atomic mass is 19.1. The molecule has 0 spiro atoms. The average molecular weight is 293 g/mol. The van der Waals surface area contributed by atoms with Crippen LogP contribution in [0.2, 0.25) is 0 Å². The van der Waals surface area contributed by atoms with E-state index in [9.17, 15) is 4.39 Å². The first-order valence-electron chi connectivity index (χ1n) is 8.01. The lowest BCUT2D eigenvalue weighted by molar-refractivity contribution is 0.314. The zero-order valence-electron chi connectivity index (χ0n) is 13.5. The molecule has 1 aliphatic rings. The molecule has 1 unspecified atom stereocenters. The summed E-state index contributed by atoms with van der Waals surface area (Å²) in [5.74, 6) is -0.146. The summed E-state index contributed by atoms with van der Waals surface area (Å²) in [5.41, 5.74) is 1.99. The molecule has 0 aliphatic carbocycles. The van der Waals surface area contributed by atoms with E-state index in [-0.39, 0.29) is 5.82 Å². The maximum atomic E-state index is 13.8. The van der Waals surface area contributed by atoms with Gasteiger partial charge in [0.15, 0.2) is 0 Å². The first-order valence-corrected chi connectivity index (χ1v) is 8.01. The van der Waals surface area contributed by atoms with Crippen molar-refractivity contribution in [2.45, 2.75) is 38.8 Å². The summed E-state index contributed by atoms with van der Waals surface area (Å²) in [6.45, 7) is 5.97. The third-order valence-electron chi connectivity index (χ3n) is 4.30. The number of likely N-dealkylation sites (N-methyl/N-ethyl adjacent to an activating group) is 2. The fourth-order valence-corrected chi connectivity index (χ4v) is 3.00. The van der Waals surface area contributed by atoms with Crippen LogP contribution >= 0.6 is 0 Å². The van der Waals surface area contributed by atoms with Crippen LogP contribution < -0.4 is 10.2 Å². The van der Waals surface area contributed by atoms with E-state index in [1.807, 2.05) is 0 Å². The molecule has 1 saturated heterocycles. The van der Waals surface area contributed by atoms with Crippen molar-refractivity contribution in [3.63, 3.8) is 0 Å². The molecule has 118 valence electrons. The van der Waals surface area contributed by atoms with Gasteiger partial charge in [0.25, 0.3) is 0 Å². The Bertz CT molecular complexity index is 450. The van der Waals surface area contributed by atoms with Gasteiger partial charge in [-0.05, 0) is 63.2 Å². The standard InChI is InChI=1S/C17H28FN3/c1-4-7-19-12-14-9-15(18)11-17(10-14)21(3)13-16-6-5-8-20(16)2/h9-11,16,19H,4-8,12-13H2,1-3H3. The van der Waals surface area contributed by atoms with E-state index < -0.39 is 0 Å². The molecule has 0 bridgehead atoms. The van der Waals surface area contributed by atoms with Crippen molar-refractivity contribution in [2.75, 3.05) is 38.6 Å². The minimum Gasteiger partial charge on any atom is -0.373 e. The Balaban J connectivity index is 2.00. The molecule has 0 radical (unpaired) electrons. The molecule has 4 heteroatoms. The minimum atomic E-state index is -0.146. The SMILES string of the molecule is CCCNCc1cc(F)cc(N(C)CC2CCCN2C)c1. The van der Waals surface area contributed by atoms with E-state index in [2.05, 4.69) is 42.2 Å². The molecule has 0 amide bonds. The molecule has 2 rings (SSSR count). The van der Waals surface area contributed by atoms with E-state index in [0.29, 0.717) is 6.04 Å². The number of anilines is 1. The molecule has 1 aromatic rings. The maximum absolute atomic E-state index is 13.8. The summed E-state index contributed by atoms with van der Waals surface area (Å²) in [4.78, 5) is 4.58. The quantitative estimate of drug-likeness (QED) is 0.780. The largest absolute Gasteiger partial charge is 0.373 e. The second-order valence-electron chi connectivity index (χ2n) is 6.15. The van der Waals surface area contributed by atoms with Crippen molar-refractivity contribution in [3.8, 4) is 0 Å². The zero-order valence-corrected chi connectivity index (χ0v) is 13.5. The Labute approximate surface area is 128 Å². The van der Waals surface area contributed by atoms with Gasteiger partial charge in [0.1, 0.15) is 5.82 Å². The summed E-state index contributed by atoms with van der Waals surface area (Å²) in [5, 5.41) is 3.33. The molecule has 1 N–H and O–H groups in total. The number of likely N-dealkylation sites (tertiary alicyclic amines) is 1. The molecular weight excluding hydrogens is 265 g/mol. The predicted molar refractivity (Wildman–Crippen MR) is 87.3 cm³/mol. The summed E-state index contributed by atoms with van der Waals surface area (Å²) < 4.78 is 13.8. The van der Waals surface area contributed by atoms with Gasteiger partial charge in [-0.2, -0.15) is 0 Å². The molecule has 1 fully saturated rings. The smallest absolute Gasteiger partial charge is 0.125 e. The van der Waals surface area contributed by atoms with Gasteiger partial charge in [-0.25, -0.2) is 4.39 Å². The third kappa shape index (κ3) is 4.68. The summed E-state index contributed by atoms with van der Waals surface area (Å²) in [7, 11) is 4.24. The number of hydrogen-bond acceptors (Lipinski definition) is 3. The highest BCUT2D eigenvalue weighted by Gasteiger charge is 2.22. The lowest BCUT2D eigenvalue weighted by Gasteiger charge is -2.27. The number of benzene rings is 1. The van der Waals surface area contributed by atoms with Crippen LogP contribution in [0.4, 0.5) is 10.1 Å². The van der Waals surface area contributed by atoms with Gasteiger partial charge in [-0.1, -0.05) is 6.92 Å². The average Bonchev–Trinajstić information content (AvgIpc) is 2.84. The van der Waals surface area contributed by atoms with Crippen LogP contribution in [0.1, 0.15) is 31.7 Å². The van der Waals surface area contributed by atoms with Crippen LogP contribution in [-0.4, -0.2) is 44.7 Å². The van der Waals surface area contributed by atoms with Gasteiger partial charge < -0.3 is 15.1 Å². The van der Waals surface area contributed by atoms with Crippen LogP contribution in [0, 0.1) is 5.82 Å². The topological polar surface area (TPSA) is 18.5 Å². The van der Waals surface area contributed by atoms with E-state index in [4.69, 9.17) is 0 Å². The molecule has 0 saturated carbocycles. The Morgan fingerprint density at radius 2 is 2.19 bits per heavy atom. The lowest BCUT2D eigenvalue weighted by atomic mass is 10.1. The normalized spacial score (nSPS) is 19.1. The number of halogens is 1. The Morgan fingerprint density at radius 1 is 1.38 bits per heavy atom. The highest BCUT2D eigenvalue weighted by Crippen LogP contribution is 2.21. The van der Waals surface area contributed by atoms with Crippen LogP contribution in [0.25, 0.3) is 0 Å². The van der Waals surface area contributed by atoms with Crippen molar-refractivity contribution in [1.82, 2.24) is 10.2 Å². The minimum absolute atomic E-state index is 0.146. The van der Waals surface area contributed by atoms with Crippen LogP contribution in [0.15, 0.2) is 18.2 Å². The Kier molecular flexibility index (Phi) is 6.00. The van der Waals surface area contributed by atoms with Crippen molar-refractivity contribution < 1.29 is 4.39 Å². The van der Waals surface area contributed by atoms with E-state index >= 15 is 0 Å². The first-order chi connectivity index (χ1) is 10.1. The Hall–Kier alpha value is -1.13. The fraction of sp³-hybridized carbons (Fsp3) is 0.647. The molecule has 1 atom stereocenters. The molecule has 21 heavy (non-hydrogen) atoms.